The first-order chi connectivity index (χ1) is 11.0. The molecule has 0 saturated carbocycles. The van der Waals surface area contributed by atoms with E-state index in [0.717, 1.165) is 12.8 Å². The summed E-state index contributed by atoms with van der Waals surface area (Å²) in [5.41, 5.74) is 15.1. The van der Waals surface area contributed by atoms with Gasteiger partial charge in [0.05, 0.1) is 0 Å². The van der Waals surface area contributed by atoms with Gasteiger partial charge < -0.3 is 0 Å². The van der Waals surface area contributed by atoms with Crippen LogP contribution in [0.25, 0.3) is 16.7 Å². The van der Waals surface area contributed by atoms with Gasteiger partial charge in [0.2, 0.25) is 0 Å². The topological polar surface area (TPSA) is 0 Å². The first-order valence-electron chi connectivity index (χ1n) is 8.33. The molecule has 4 rings (SSSR count). The summed E-state index contributed by atoms with van der Waals surface area (Å²) in [4.78, 5) is 0. The SMILES string of the molecule is Cc1ccc2c(c1C)-c1c(C)c(C)c(C3=CC=CC3)[c]([Zr])c1C2. The molecular formula is C22H21Zr. The monoisotopic (exact) mass is 375 g/mol. The van der Waals surface area contributed by atoms with Crippen molar-refractivity contribution in [1.29, 1.82) is 0 Å². The van der Waals surface area contributed by atoms with Crippen LogP contribution in [0.2, 0.25) is 0 Å². The molecule has 23 heavy (non-hydrogen) atoms. The van der Waals surface area contributed by atoms with Crippen molar-refractivity contribution in [3.63, 3.8) is 0 Å². The van der Waals surface area contributed by atoms with E-state index in [1.165, 1.54) is 44.5 Å². The van der Waals surface area contributed by atoms with Crippen LogP contribution in [-0.2, 0) is 31.1 Å². The van der Waals surface area contributed by atoms with Crippen molar-refractivity contribution < 1.29 is 24.7 Å². The minimum absolute atomic E-state index is 1.09. The van der Waals surface area contributed by atoms with Crippen molar-refractivity contribution in [2.75, 3.05) is 0 Å². The fourth-order valence-corrected chi connectivity index (χ4v) is 5.55. The number of allylic oxidation sites excluding steroid dienone is 4. The fourth-order valence-electron chi connectivity index (χ4n) is 4.17. The summed E-state index contributed by atoms with van der Waals surface area (Å²) >= 11 is 1.54. The van der Waals surface area contributed by atoms with Crippen LogP contribution in [0.1, 0.15) is 45.4 Å². The van der Waals surface area contributed by atoms with Crippen LogP contribution in [0.5, 0.6) is 0 Å². The van der Waals surface area contributed by atoms with E-state index in [0.29, 0.717) is 0 Å². The summed E-state index contributed by atoms with van der Waals surface area (Å²) in [6.07, 6.45) is 8.98. The van der Waals surface area contributed by atoms with Crippen LogP contribution in [0.4, 0.5) is 0 Å². The molecule has 1 heteroatoms. The van der Waals surface area contributed by atoms with Crippen LogP contribution < -0.4 is 3.27 Å². The van der Waals surface area contributed by atoms with Gasteiger partial charge >= 0.3 is 155 Å². The molecule has 0 radical (unpaired) electrons. The van der Waals surface area contributed by atoms with Gasteiger partial charge in [-0.05, 0) is 0 Å². The van der Waals surface area contributed by atoms with Crippen LogP contribution in [-0.4, -0.2) is 0 Å². The molecule has 0 fully saturated rings. The molecular weight excluding hydrogens is 355 g/mol. The number of fused-ring (bicyclic) bond motifs is 3. The molecule has 0 amide bonds. The summed E-state index contributed by atoms with van der Waals surface area (Å²) in [5, 5.41) is 0. The van der Waals surface area contributed by atoms with Gasteiger partial charge in [-0.15, -0.1) is 0 Å². The maximum absolute atomic E-state index is 2.35. The number of hydrogen-bond acceptors (Lipinski definition) is 0. The van der Waals surface area contributed by atoms with Gasteiger partial charge in [-0.2, -0.15) is 0 Å². The molecule has 0 aromatic heterocycles. The zero-order chi connectivity index (χ0) is 16.3. The van der Waals surface area contributed by atoms with E-state index in [4.69, 9.17) is 0 Å². The van der Waals surface area contributed by atoms with Gasteiger partial charge in [-0.25, -0.2) is 0 Å². The summed E-state index contributed by atoms with van der Waals surface area (Å²) in [5.74, 6) is 0. The second-order valence-electron chi connectivity index (χ2n) is 6.90. The van der Waals surface area contributed by atoms with Crippen molar-refractivity contribution in [2.45, 2.75) is 40.5 Å². The van der Waals surface area contributed by atoms with Gasteiger partial charge in [0.15, 0.2) is 0 Å². The molecule has 113 valence electrons. The Morgan fingerprint density at radius 1 is 0.870 bits per heavy atom. The zero-order valence-electron chi connectivity index (χ0n) is 14.3. The van der Waals surface area contributed by atoms with Gasteiger partial charge in [-0.1, -0.05) is 0 Å². The van der Waals surface area contributed by atoms with Gasteiger partial charge in [-0.3, -0.25) is 0 Å². The number of benzene rings is 2. The number of aryl methyl sites for hydroxylation is 1. The van der Waals surface area contributed by atoms with Crippen molar-refractivity contribution in [2.24, 2.45) is 0 Å². The van der Waals surface area contributed by atoms with E-state index in [2.05, 4.69) is 58.1 Å². The van der Waals surface area contributed by atoms with E-state index in [1.54, 1.807) is 39.1 Å². The predicted octanol–water partition coefficient (Wildman–Crippen LogP) is 5.01. The molecule has 0 nitrogen and oxygen atoms in total. The molecule has 0 aliphatic heterocycles. The van der Waals surface area contributed by atoms with Crippen LogP contribution >= 0.6 is 0 Å². The molecule has 2 aliphatic rings. The Morgan fingerprint density at radius 3 is 2.30 bits per heavy atom. The molecule has 2 aromatic carbocycles. The first-order valence-corrected chi connectivity index (χ1v) is 9.56. The van der Waals surface area contributed by atoms with Crippen molar-refractivity contribution in [1.82, 2.24) is 0 Å². The molecule has 2 aromatic rings. The quantitative estimate of drug-likeness (QED) is 0.560. The average Bonchev–Trinajstić information content (AvgIpc) is 3.17. The predicted molar refractivity (Wildman–Crippen MR) is 95.0 cm³/mol. The van der Waals surface area contributed by atoms with E-state index in [9.17, 15) is 0 Å². The molecule has 0 spiro atoms. The Hall–Kier alpha value is -1.20. The normalized spacial score (nSPS) is 14.8. The third kappa shape index (κ3) is 2.13. The third-order valence-electron chi connectivity index (χ3n) is 5.70. The Kier molecular flexibility index (Phi) is 3.61. The van der Waals surface area contributed by atoms with Crippen LogP contribution in [0.15, 0.2) is 30.4 Å². The van der Waals surface area contributed by atoms with E-state index in [-0.39, 0.29) is 0 Å². The summed E-state index contributed by atoms with van der Waals surface area (Å²) < 4.78 is 1.58. The summed E-state index contributed by atoms with van der Waals surface area (Å²) in [7, 11) is 0. The standard InChI is InChI=1S/C22H21.Zr/c1-13-9-10-18-11-19-12-20(17-7-5-6-8-17)15(3)16(4)22(19)21(18)14(13)2;/h5-7,9-10H,8,11H2,1-4H3;. The summed E-state index contributed by atoms with van der Waals surface area (Å²) in [6.45, 7) is 9.17. The molecule has 0 atom stereocenters. The second kappa shape index (κ2) is 5.42. The van der Waals surface area contributed by atoms with Gasteiger partial charge in [0.1, 0.15) is 0 Å². The van der Waals surface area contributed by atoms with Crippen molar-refractivity contribution in [3.8, 4) is 11.1 Å². The van der Waals surface area contributed by atoms with Gasteiger partial charge in [0.25, 0.3) is 0 Å². The molecule has 0 heterocycles. The number of hydrogen-bond donors (Lipinski definition) is 0. The second-order valence-corrected chi connectivity index (χ2v) is 8.13. The minimum atomic E-state index is 1.09. The number of rotatable bonds is 1. The Morgan fingerprint density at radius 2 is 1.61 bits per heavy atom. The first kappa shape index (κ1) is 15.3. The molecule has 0 bridgehead atoms. The zero-order valence-corrected chi connectivity index (χ0v) is 16.8. The Labute approximate surface area is 154 Å². The Bertz CT molecular complexity index is 911. The average molecular weight is 377 g/mol. The maximum atomic E-state index is 2.35. The van der Waals surface area contributed by atoms with Crippen LogP contribution in [0.3, 0.4) is 0 Å². The Balaban J connectivity index is 2.04. The van der Waals surface area contributed by atoms with Gasteiger partial charge in [0, 0.05) is 0 Å². The molecule has 2 aliphatic carbocycles. The third-order valence-corrected chi connectivity index (χ3v) is 7.05. The molecule has 0 unspecified atom stereocenters. The van der Waals surface area contributed by atoms with E-state index >= 15 is 0 Å². The summed E-state index contributed by atoms with van der Waals surface area (Å²) in [6, 6.07) is 4.63. The van der Waals surface area contributed by atoms with Crippen molar-refractivity contribution in [3.05, 3.63) is 69.3 Å². The fraction of sp³-hybridized carbons (Fsp3) is 0.273. The van der Waals surface area contributed by atoms with E-state index < -0.39 is 0 Å². The van der Waals surface area contributed by atoms with Crippen molar-refractivity contribution >= 4 is 8.84 Å². The molecule has 0 saturated heterocycles. The van der Waals surface area contributed by atoms with Crippen LogP contribution in [0, 0.1) is 27.7 Å². The van der Waals surface area contributed by atoms with E-state index in [1.807, 2.05) is 0 Å². The molecule has 0 N–H and O–H groups in total.